The largest absolute Gasteiger partial charge is 0.472 e. The van der Waals surface area contributed by atoms with E-state index in [0.717, 1.165) is 102 Å². The minimum Gasteiger partial charge on any atom is -0.462 e. The first-order valence-corrected chi connectivity index (χ1v) is 46.2. The van der Waals surface area contributed by atoms with Gasteiger partial charge >= 0.3 is 39.5 Å². The number of unbranched alkanes of at least 4 members (excludes halogenated alkanes) is 54. The lowest BCUT2D eigenvalue weighted by atomic mass is 10.00. The summed E-state index contributed by atoms with van der Waals surface area (Å²) in [4.78, 5) is 73.1. The maximum atomic E-state index is 13.1. The zero-order chi connectivity index (χ0) is 74.8. The molecule has 0 spiro atoms. The first kappa shape index (κ1) is 100. The fourth-order valence-corrected chi connectivity index (χ4v) is 14.5. The molecule has 19 heteroatoms. The second kappa shape index (κ2) is 75.9. The average Bonchev–Trinajstić information content (AvgIpc) is 1.01. The third kappa shape index (κ3) is 74.9. The molecule has 0 aromatic heterocycles. The zero-order valence-corrected chi connectivity index (χ0v) is 68.5. The molecule has 0 aromatic carbocycles. The summed E-state index contributed by atoms with van der Waals surface area (Å²) in [6, 6.07) is 0. The number of hydrogen-bond donors (Lipinski definition) is 3. The molecular weight excluding hydrogens is 1330 g/mol. The van der Waals surface area contributed by atoms with E-state index < -0.39 is 97.5 Å². The van der Waals surface area contributed by atoms with Crippen LogP contribution in [0, 0.1) is 5.92 Å². The van der Waals surface area contributed by atoms with Crippen molar-refractivity contribution in [3.8, 4) is 0 Å². The van der Waals surface area contributed by atoms with Crippen molar-refractivity contribution in [1.82, 2.24) is 0 Å². The Balaban J connectivity index is 5.22. The summed E-state index contributed by atoms with van der Waals surface area (Å²) in [6.45, 7) is 7.30. The molecule has 3 N–H and O–H groups in total. The van der Waals surface area contributed by atoms with Gasteiger partial charge in [-0.15, -0.1) is 0 Å². The van der Waals surface area contributed by atoms with Crippen LogP contribution in [-0.2, 0) is 65.4 Å². The number of hydrogen-bond acceptors (Lipinski definition) is 15. The van der Waals surface area contributed by atoms with Crippen molar-refractivity contribution >= 4 is 39.5 Å². The first-order chi connectivity index (χ1) is 49.6. The Kier molecular flexibility index (Phi) is 74.4. The standard InChI is InChI=1S/C83H162O17P2/c1-6-10-13-16-19-22-25-28-30-32-34-36-38-40-43-46-49-52-59-64-69-82(87)99-78(72-93-80(85)66-61-56-50-47-44-42-39-37-35-33-31-29-26-23-20-17-14-11-7-2)74-97-101(89,90)95-70-77(84)71-96-102(91,92)98-75-79(73-94-81(86)67-62-57-54-53-55-60-65-76(5)9-4)100-83(88)68-63-58-51-48-45-41-27-24-21-18-15-12-8-3/h76-79,84H,6-75H2,1-5H3,(H,89,90)(H,91,92)/t76?,77-,78-,79-/m1/s1. The molecule has 0 amide bonds. The molecule has 0 saturated carbocycles. The van der Waals surface area contributed by atoms with Crippen molar-refractivity contribution in [2.75, 3.05) is 39.6 Å². The highest BCUT2D eigenvalue weighted by atomic mass is 31.2. The number of aliphatic hydroxyl groups is 1. The molecule has 0 aliphatic carbocycles. The van der Waals surface area contributed by atoms with Gasteiger partial charge < -0.3 is 33.8 Å². The molecule has 0 rings (SSSR count). The predicted octanol–water partition coefficient (Wildman–Crippen LogP) is 25.2. The minimum absolute atomic E-state index is 0.107. The summed E-state index contributed by atoms with van der Waals surface area (Å²) in [5, 5.41) is 10.7. The van der Waals surface area contributed by atoms with Crippen LogP contribution in [0.2, 0.25) is 0 Å². The van der Waals surface area contributed by atoms with Gasteiger partial charge in [0.1, 0.15) is 19.3 Å². The van der Waals surface area contributed by atoms with Gasteiger partial charge in [0.15, 0.2) is 12.2 Å². The maximum absolute atomic E-state index is 13.1. The van der Waals surface area contributed by atoms with Crippen molar-refractivity contribution in [3.05, 3.63) is 0 Å². The highest BCUT2D eigenvalue weighted by molar-refractivity contribution is 7.47. The Labute approximate surface area is 626 Å². The molecule has 0 heterocycles. The van der Waals surface area contributed by atoms with Crippen LogP contribution < -0.4 is 0 Å². The molecule has 0 saturated heterocycles. The van der Waals surface area contributed by atoms with Crippen molar-refractivity contribution in [1.29, 1.82) is 0 Å². The summed E-state index contributed by atoms with van der Waals surface area (Å²) >= 11 is 0. The summed E-state index contributed by atoms with van der Waals surface area (Å²) in [5.74, 6) is -1.37. The fraction of sp³-hybridized carbons (Fsp3) is 0.952. The van der Waals surface area contributed by atoms with Crippen LogP contribution in [0.1, 0.15) is 446 Å². The van der Waals surface area contributed by atoms with Gasteiger partial charge in [-0.1, -0.05) is 394 Å². The molecule has 6 atom stereocenters. The normalized spacial score (nSPS) is 14.1. The minimum atomic E-state index is -4.96. The molecule has 0 aliphatic rings. The lowest BCUT2D eigenvalue weighted by Gasteiger charge is -2.21. The van der Waals surface area contributed by atoms with Gasteiger partial charge in [-0.05, 0) is 31.6 Å². The Morgan fingerprint density at radius 2 is 0.471 bits per heavy atom. The number of rotatable bonds is 83. The SMILES string of the molecule is CCCCCCCCCCCCCCCCCCCCCCC(=O)O[C@H](COC(=O)CCCCCCCCCCCCCCCCCCCCC)COP(=O)(O)OC[C@@H](O)COP(=O)(O)OC[C@@H](COC(=O)CCCCCCCCC(C)CC)OC(=O)CCCCCCCCCCCCCCC. The molecule has 102 heavy (non-hydrogen) atoms. The van der Waals surface area contributed by atoms with Gasteiger partial charge in [0.2, 0.25) is 0 Å². The first-order valence-electron chi connectivity index (χ1n) is 43.2. The number of aliphatic hydroxyl groups excluding tert-OH is 1. The van der Waals surface area contributed by atoms with Gasteiger partial charge in [0, 0.05) is 25.7 Å². The lowest BCUT2D eigenvalue weighted by molar-refractivity contribution is -0.161. The van der Waals surface area contributed by atoms with Crippen molar-refractivity contribution in [3.63, 3.8) is 0 Å². The van der Waals surface area contributed by atoms with Crippen LogP contribution in [0.3, 0.4) is 0 Å². The van der Waals surface area contributed by atoms with E-state index in [1.54, 1.807) is 0 Å². The Hall–Kier alpha value is -1.94. The van der Waals surface area contributed by atoms with E-state index in [1.807, 2.05) is 0 Å². The van der Waals surface area contributed by atoms with E-state index in [1.165, 1.54) is 263 Å². The van der Waals surface area contributed by atoms with E-state index >= 15 is 0 Å². The van der Waals surface area contributed by atoms with Gasteiger partial charge in [0.25, 0.3) is 0 Å². The van der Waals surface area contributed by atoms with Crippen LogP contribution in [0.4, 0.5) is 0 Å². The maximum Gasteiger partial charge on any atom is 0.472 e. The average molecular weight is 1490 g/mol. The third-order valence-electron chi connectivity index (χ3n) is 19.9. The number of phosphoric ester groups is 2. The highest BCUT2D eigenvalue weighted by Crippen LogP contribution is 2.45. The molecule has 3 unspecified atom stereocenters. The Morgan fingerprint density at radius 3 is 0.696 bits per heavy atom. The fourth-order valence-electron chi connectivity index (χ4n) is 12.9. The third-order valence-corrected chi connectivity index (χ3v) is 21.8. The van der Waals surface area contributed by atoms with Gasteiger partial charge in [-0.3, -0.25) is 37.3 Å². The summed E-state index contributed by atoms with van der Waals surface area (Å²) < 4.78 is 68.8. The van der Waals surface area contributed by atoms with Crippen molar-refractivity contribution in [2.24, 2.45) is 5.92 Å². The van der Waals surface area contributed by atoms with E-state index in [-0.39, 0.29) is 25.7 Å². The Morgan fingerprint density at radius 1 is 0.275 bits per heavy atom. The van der Waals surface area contributed by atoms with E-state index in [9.17, 15) is 43.2 Å². The van der Waals surface area contributed by atoms with E-state index in [0.29, 0.717) is 25.7 Å². The number of ether oxygens (including phenoxy) is 4. The van der Waals surface area contributed by atoms with Gasteiger partial charge in [0.05, 0.1) is 26.4 Å². The van der Waals surface area contributed by atoms with E-state index in [2.05, 4.69) is 34.6 Å². The second-order valence-corrected chi connectivity index (χ2v) is 33.0. The van der Waals surface area contributed by atoms with Crippen LogP contribution in [-0.4, -0.2) is 96.7 Å². The molecule has 0 bridgehead atoms. The summed E-state index contributed by atoms with van der Waals surface area (Å²) in [7, 11) is -9.92. The molecule has 606 valence electrons. The monoisotopic (exact) mass is 1490 g/mol. The number of esters is 4. The van der Waals surface area contributed by atoms with Gasteiger partial charge in [-0.25, -0.2) is 9.13 Å². The number of carbonyl (C=O) groups is 4. The molecule has 0 radical (unpaired) electrons. The molecule has 17 nitrogen and oxygen atoms in total. The predicted molar refractivity (Wildman–Crippen MR) is 418 cm³/mol. The molecule has 0 fully saturated rings. The Bertz CT molecular complexity index is 1950. The lowest BCUT2D eigenvalue weighted by Crippen LogP contribution is -2.30. The quantitative estimate of drug-likeness (QED) is 0.0222. The number of phosphoric acid groups is 2. The molecule has 0 aliphatic heterocycles. The van der Waals surface area contributed by atoms with Crippen molar-refractivity contribution in [2.45, 2.75) is 464 Å². The van der Waals surface area contributed by atoms with Crippen LogP contribution >= 0.6 is 15.6 Å². The van der Waals surface area contributed by atoms with Crippen LogP contribution in [0.15, 0.2) is 0 Å². The molecular formula is C83H162O17P2. The van der Waals surface area contributed by atoms with E-state index in [4.69, 9.17) is 37.0 Å². The second-order valence-electron chi connectivity index (χ2n) is 30.1. The van der Waals surface area contributed by atoms with Crippen molar-refractivity contribution < 1.29 is 80.2 Å². The van der Waals surface area contributed by atoms with Crippen LogP contribution in [0.25, 0.3) is 0 Å². The summed E-state index contributed by atoms with van der Waals surface area (Å²) in [6.07, 6.45) is 68.1. The topological polar surface area (TPSA) is 237 Å². The summed E-state index contributed by atoms with van der Waals surface area (Å²) in [5.41, 5.74) is 0. The van der Waals surface area contributed by atoms with Crippen LogP contribution in [0.5, 0.6) is 0 Å². The smallest absolute Gasteiger partial charge is 0.462 e. The van der Waals surface area contributed by atoms with Gasteiger partial charge in [-0.2, -0.15) is 0 Å². The molecule has 0 aromatic rings. The highest BCUT2D eigenvalue weighted by Gasteiger charge is 2.30. The number of carbonyl (C=O) groups excluding carboxylic acids is 4. The zero-order valence-electron chi connectivity index (χ0n) is 66.8.